The molecule has 2 rings (SSSR count). The Kier molecular flexibility index (Phi) is 3.66. The molecule has 0 saturated carbocycles. The van der Waals surface area contributed by atoms with Crippen molar-refractivity contribution in [3.05, 3.63) is 28.8 Å². The number of hydrogen-bond donors (Lipinski definition) is 1. The van der Waals surface area contributed by atoms with Gasteiger partial charge in [-0.1, -0.05) is 17.7 Å². The number of hydrogen-bond acceptors (Lipinski definition) is 3. The Morgan fingerprint density at radius 2 is 2.21 bits per heavy atom. The summed E-state index contributed by atoms with van der Waals surface area (Å²) in [5, 5.41) is 9.61. The van der Waals surface area contributed by atoms with Crippen LogP contribution in [-0.4, -0.2) is 36.0 Å². The fourth-order valence-corrected chi connectivity index (χ4v) is 2.68. The van der Waals surface area contributed by atoms with Gasteiger partial charge in [-0.3, -0.25) is 9.59 Å². The third-order valence-electron chi connectivity index (χ3n) is 3.42. The number of carboxylic acid groups (broad SMARTS) is 1. The van der Waals surface area contributed by atoms with Gasteiger partial charge in [0.05, 0.1) is 24.1 Å². The molecular weight excluding hydrogens is 270 g/mol. The summed E-state index contributed by atoms with van der Waals surface area (Å²) in [6.45, 7) is 0. The molecule has 2 unspecified atom stereocenters. The van der Waals surface area contributed by atoms with Crippen LogP contribution in [0.15, 0.2) is 18.2 Å². The van der Waals surface area contributed by atoms with Crippen molar-refractivity contribution in [1.82, 2.24) is 4.90 Å². The third kappa shape index (κ3) is 2.38. The number of ether oxygens (including phenoxy) is 1. The minimum atomic E-state index is -0.977. The number of carboxylic acids is 1. The largest absolute Gasteiger partial charge is 0.495 e. The second-order valence-corrected chi connectivity index (χ2v) is 4.90. The van der Waals surface area contributed by atoms with Gasteiger partial charge in [0.1, 0.15) is 5.75 Å². The molecule has 0 bridgehead atoms. The van der Waals surface area contributed by atoms with Gasteiger partial charge in [-0.15, -0.1) is 0 Å². The van der Waals surface area contributed by atoms with Crippen LogP contribution in [0.5, 0.6) is 5.75 Å². The molecule has 0 aliphatic carbocycles. The van der Waals surface area contributed by atoms with Crippen molar-refractivity contribution in [2.75, 3.05) is 14.2 Å². The molecule has 5 nitrogen and oxygen atoms in total. The number of benzene rings is 1. The number of carbonyl (C=O) groups excluding carboxylic acids is 1. The maximum atomic E-state index is 11.7. The molecule has 0 spiro atoms. The van der Waals surface area contributed by atoms with Crippen molar-refractivity contribution in [3.8, 4) is 5.75 Å². The Labute approximate surface area is 115 Å². The van der Waals surface area contributed by atoms with Gasteiger partial charge in [0.15, 0.2) is 0 Å². The van der Waals surface area contributed by atoms with Gasteiger partial charge >= 0.3 is 5.97 Å². The van der Waals surface area contributed by atoms with Crippen molar-refractivity contribution in [1.29, 1.82) is 0 Å². The number of amides is 1. The molecule has 0 radical (unpaired) electrons. The van der Waals surface area contributed by atoms with Gasteiger partial charge in [0.25, 0.3) is 0 Å². The number of aliphatic carboxylic acids is 1. The van der Waals surface area contributed by atoms with Crippen LogP contribution >= 0.6 is 11.6 Å². The smallest absolute Gasteiger partial charge is 0.309 e. The molecule has 6 heteroatoms. The molecule has 19 heavy (non-hydrogen) atoms. The maximum absolute atomic E-state index is 11.7. The lowest BCUT2D eigenvalue weighted by molar-refractivity contribution is -0.142. The number of likely N-dealkylation sites (tertiary alicyclic amines) is 1. The van der Waals surface area contributed by atoms with Crippen molar-refractivity contribution in [2.24, 2.45) is 5.92 Å². The van der Waals surface area contributed by atoms with E-state index >= 15 is 0 Å². The molecule has 1 amide bonds. The number of rotatable bonds is 3. The molecule has 102 valence electrons. The van der Waals surface area contributed by atoms with Gasteiger partial charge < -0.3 is 14.7 Å². The van der Waals surface area contributed by atoms with E-state index in [4.69, 9.17) is 16.3 Å². The molecule has 1 saturated heterocycles. The molecule has 1 aliphatic rings. The van der Waals surface area contributed by atoms with E-state index in [0.29, 0.717) is 16.3 Å². The van der Waals surface area contributed by atoms with Crippen molar-refractivity contribution >= 4 is 23.5 Å². The van der Waals surface area contributed by atoms with Gasteiger partial charge in [-0.2, -0.15) is 0 Å². The second-order valence-electron chi connectivity index (χ2n) is 4.49. The van der Waals surface area contributed by atoms with Gasteiger partial charge in [-0.25, -0.2) is 0 Å². The van der Waals surface area contributed by atoms with Crippen LogP contribution in [0.4, 0.5) is 0 Å². The predicted molar refractivity (Wildman–Crippen MR) is 69.3 cm³/mol. The fourth-order valence-electron chi connectivity index (χ4n) is 2.41. The quantitative estimate of drug-likeness (QED) is 0.921. The zero-order valence-electron chi connectivity index (χ0n) is 10.6. The summed E-state index contributed by atoms with van der Waals surface area (Å²) in [6, 6.07) is 4.57. The van der Waals surface area contributed by atoms with Crippen LogP contribution in [0.2, 0.25) is 5.02 Å². The highest BCUT2D eigenvalue weighted by Gasteiger charge is 2.42. The van der Waals surface area contributed by atoms with Crippen LogP contribution in [0.3, 0.4) is 0 Å². The normalized spacial score (nSPS) is 22.7. The minimum Gasteiger partial charge on any atom is -0.495 e. The Hall–Kier alpha value is -1.75. The topological polar surface area (TPSA) is 66.8 Å². The number of nitrogens with zero attached hydrogens (tertiary/aromatic N) is 1. The fraction of sp³-hybridized carbons (Fsp3) is 0.385. The highest BCUT2D eigenvalue weighted by Crippen LogP contribution is 2.39. The minimum absolute atomic E-state index is 0.0140. The summed E-state index contributed by atoms with van der Waals surface area (Å²) in [6.07, 6.45) is 0.0140. The summed E-state index contributed by atoms with van der Waals surface area (Å²) < 4.78 is 5.06. The molecule has 2 atom stereocenters. The first-order chi connectivity index (χ1) is 8.95. The van der Waals surface area contributed by atoms with Crippen LogP contribution in [0.25, 0.3) is 0 Å². The summed E-state index contributed by atoms with van der Waals surface area (Å²) in [5.41, 5.74) is 0.701. The van der Waals surface area contributed by atoms with E-state index in [1.165, 1.54) is 12.0 Å². The third-order valence-corrected chi connectivity index (χ3v) is 3.72. The Balaban J connectivity index is 2.40. The molecule has 1 aromatic carbocycles. The molecule has 1 N–H and O–H groups in total. The maximum Gasteiger partial charge on any atom is 0.309 e. The van der Waals surface area contributed by atoms with E-state index in [2.05, 4.69) is 0 Å². The van der Waals surface area contributed by atoms with Gasteiger partial charge in [-0.05, 0) is 17.7 Å². The van der Waals surface area contributed by atoms with Crippen LogP contribution in [0.1, 0.15) is 18.0 Å². The zero-order valence-corrected chi connectivity index (χ0v) is 11.3. The Morgan fingerprint density at radius 3 is 2.74 bits per heavy atom. The lowest BCUT2D eigenvalue weighted by Gasteiger charge is -2.23. The van der Waals surface area contributed by atoms with Crippen molar-refractivity contribution < 1.29 is 19.4 Å². The monoisotopic (exact) mass is 283 g/mol. The Morgan fingerprint density at radius 1 is 1.53 bits per heavy atom. The van der Waals surface area contributed by atoms with Crippen LogP contribution in [-0.2, 0) is 9.59 Å². The molecular formula is C13H14ClNO4. The van der Waals surface area contributed by atoms with E-state index in [9.17, 15) is 14.7 Å². The summed E-state index contributed by atoms with van der Waals surface area (Å²) in [5.74, 6) is -1.38. The van der Waals surface area contributed by atoms with E-state index < -0.39 is 17.9 Å². The lowest BCUT2D eigenvalue weighted by atomic mass is 9.94. The highest BCUT2D eigenvalue weighted by molar-refractivity contribution is 6.32. The summed E-state index contributed by atoms with van der Waals surface area (Å²) >= 11 is 6.04. The van der Waals surface area contributed by atoms with E-state index in [0.717, 1.165) is 0 Å². The Bertz CT molecular complexity index is 531. The van der Waals surface area contributed by atoms with Crippen molar-refractivity contribution in [2.45, 2.75) is 12.5 Å². The van der Waals surface area contributed by atoms with Crippen molar-refractivity contribution in [3.63, 3.8) is 0 Å². The van der Waals surface area contributed by atoms with Gasteiger partial charge in [0, 0.05) is 13.5 Å². The molecule has 1 aromatic rings. The first-order valence-corrected chi connectivity index (χ1v) is 6.15. The first kappa shape index (κ1) is 13.7. The second kappa shape index (κ2) is 5.09. The van der Waals surface area contributed by atoms with Crippen LogP contribution < -0.4 is 4.74 Å². The molecule has 1 fully saturated rings. The van der Waals surface area contributed by atoms with E-state index in [1.807, 2.05) is 0 Å². The van der Waals surface area contributed by atoms with E-state index in [-0.39, 0.29) is 12.3 Å². The molecule has 1 heterocycles. The van der Waals surface area contributed by atoms with Gasteiger partial charge in [0.2, 0.25) is 5.91 Å². The first-order valence-electron chi connectivity index (χ1n) is 5.77. The average molecular weight is 284 g/mol. The van der Waals surface area contributed by atoms with E-state index in [1.54, 1.807) is 25.2 Å². The summed E-state index contributed by atoms with van der Waals surface area (Å²) in [7, 11) is 3.11. The molecule has 1 aliphatic heterocycles. The zero-order chi connectivity index (χ0) is 14.2. The molecule has 0 aromatic heterocycles. The summed E-state index contributed by atoms with van der Waals surface area (Å²) in [4.78, 5) is 24.4. The highest BCUT2D eigenvalue weighted by atomic mass is 35.5. The predicted octanol–water partition coefficient (Wildman–Crippen LogP) is 1.95. The SMILES string of the molecule is COc1ccc(C2C(C(=O)O)CC(=O)N2C)cc1Cl. The average Bonchev–Trinajstić information content (AvgIpc) is 2.66. The number of carbonyl (C=O) groups is 2. The van der Waals surface area contributed by atoms with Crippen LogP contribution in [0, 0.1) is 5.92 Å². The number of methoxy groups -OCH3 is 1. The number of halogens is 1. The lowest BCUT2D eigenvalue weighted by Crippen LogP contribution is -2.26. The standard InChI is InChI=1S/C13H14ClNO4/c1-15-11(16)6-8(13(17)18)12(15)7-3-4-10(19-2)9(14)5-7/h3-5,8,12H,6H2,1-2H3,(H,17,18).